The average molecular weight is 566 g/mol. The van der Waals surface area contributed by atoms with Gasteiger partial charge in [0.2, 0.25) is 0 Å². The van der Waals surface area contributed by atoms with Crippen LogP contribution in [0.4, 0.5) is 0 Å². The van der Waals surface area contributed by atoms with Crippen molar-refractivity contribution in [2.24, 2.45) is 11.8 Å². The zero-order valence-corrected chi connectivity index (χ0v) is 21.0. The number of carbonyl (C=O) groups is 1. The van der Waals surface area contributed by atoms with Crippen LogP contribution >= 0.6 is 43.2 Å². The Kier molecular flexibility index (Phi) is 11.3. The number of halogens is 2. The van der Waals surface area contributed by atoms with Gasteiger partial charge in [-0.05, 0) is 69.9 Å². The van der Waals surface area contributed by atoms with Crippen molar-refractivity contribution in [1.82, 2.24) is 0 Å². The van der Waals surface area contributed by atoms with Crippen molar-refractivity contribution in [3.63, 3.8) is 0 Å². The van der Waals surface area contributed by atoms with E-state index >= 15 is 0 Å². The van der Waals surface area contributed by atoms with Gasteiger partial charge in [-0.25, -0.2) is 0 Å². The number of allylic oxidation sites excluding steroid dienone is 2. The summed E-state index contributed by atoms with van der Waals surface area (Å²) in [6.07, 6.45) is 11.0. The molecule has 0 bridgehead atoms. The average Bonchev–Trinajstić information content (AvgIpc) is 3.16. The van der Waals surface area contributed by atoms with E-state index in [4.69, 9.17) is 9.84 Å². The molecule has 5 atom stereocenters. The fourth-order valence-corrected chi connectivity index (χ4v) is 6.00. The van der Waals surface area contributed by atoms with Gasteiger partial charge in [-0.15, -0.1) is 11.3 Å². The van der Waals surface area contributed by atoms with Crippen LogP contribution in [-0.2, 0) is 16.0 Å². The van der Waals surface area contributed by atoms with Crippen LogP contribution in [0.5, 0.6) is 0 Å². The molecule has 8 heteroatoms. The van der Waals surface area contributed by atoms with Gasteiger partial charge in [0, 0.05) is 45.1 Å². The molecule has 0 amide bonds. The molecule has 1 aromatic heterocycles. The molecule has 1 aromatic rings. The number of methoxy groups -OCH3 is 1. The molecule has 0 radical (unpaired) electrons. The van der Waals surface area contributed by atoms with E-state index in [9.17, 15) is 15.0 Å². The fourth-order valence-electron chi connectivity index (χ4n) is 3.80. The predicted octanol–water partition coefficient (Wildman–Crippen LogP) is 5.34. The van der Waals surface area contributed by atoms with Crippen molar-refractivity contribution >= 4 is 49.2 Å². The van der Waals surface area contributed by atoms with Gasteiger partial charge in [-0.1, -0.05) is 24.3 Å². The molecule has 0 saturated heterocycles. The Hall–Kier alpha value is -0.510. The molecule has 3 unspecified atom stereocenters. The zero-order chi connectivity index (χ0) is 22.1. The molecule has 1 saturated carbocycles. The maximum Gasteiger partial charge on any atom is 0.303 e. The summed E-state index contributed by atoms with van der Waals surface area (Å²) in [7, 11) is 1.69. The number of hydrogen-bond acceptors (Lipinski definition) is 5. The molecule has 30 heavy (non-hydrogen) atoms. The Morgan fingerprint density at radius 1 is 1.33 bits per heavy atom. The molecule has 0 aromatic carbocycles. The number of aliphatic hydroxyl groups excluding tert-OH is 2. The third-order valence-electron chi connectivity index (χ3n) is 5.52. The van der Waals surface area contributed by atoms with E-state index in [0.717, 1.165) is 21.8 Å². The van der Waals surface area contributed by atoms with Crippen LogP contribution in [0.2, 0.25) is 0 Å². The SMILES string of the molecule is COC(C=C[C@H]1C(O)CC(O)[C@@H]1CC=CCCCC(=O)O)CCc1scc(Br)c1Br. The van der Waals surface area contributed by atoms with Crippen LogP contribution in [0.3, 0.4) is 0 Å². The molecule has 3 N–H and O–H groups in total. The molecule has 2 rings (SSSR count). The Labute approximate surface area is 199 Å². The largest absolute Gasteiger partial charge is 0.481 e. The van der Waals surface area contributed by atoms with E-state index < -0.39 is 18.2 Å². The zero-order valence-electron chi connectivity index (χ0n) is 17.0. The van der Waals surface area contributed by atoms with Crippen molar-refractivity contribution in [2.45, 2.75) is 63.3 Å². The summed E-state index contributed by atoms with van der Waals surface area (Å²) < 4.78 is 7.76. The first-order valence-corrected chi connectivity index (χ1v) is 12.7. The Balaban J connectivity index is 1.89. The number of thiophene rings is 1. The normalized spacial score (nSPS) is 25.5. The van der Waals surface area contributed by atoms with Gasteiger partial charge in [0.05, 0.1) is 18.3 Å². The van der Waals surface area contributed by atoms with Crippen LogP contribution < -0.4 is 0 Å². The summed E-state index contributed by atoms with van der Waals surface area (Å²) in [5.41, 5.74) is 0. The number of unbranched alkanes of at least 4 members (excludes halogenated alkanes) is 1. The minimum atomic E-state index is -0.783. The summed E-state index contributed by atoms with van der Waals surface area (Å²) in [4.78, 5) is 11.8. The van der Waals surface area contributed by atoms with E-state index in [0.29, 0.717) is 25.7 Å². The summed E-state index contributed by atoms with van der Waals surface area (Å²) in [5, 5.41) is 31.5. The first kappa shape index (κ1) is 25.7. The summed E-state index contributed by atoms with van der Waals surface area (Å²) >= 11 is 8.81. The first-order valence-electron chi connectivity index (χ1n) is 10.2. The van der Waals surface area contributed by atoms with Crippen LogP contribution in [0.25, 0.3) is 0 Å². The van der Waals surface area contributed by atoms with Crippen LogP contribution in [0, 0.1) is 11.8 Å². The highest BCUT2D eigenvalue weighted by Gasteiger charge is 2.39. The van der Waals surface area contributed by atoms with Gasteiger partial charge in [0.25, 0.3) is 0 Å². The first-order chi connectivity index (χ1) is 14.3. The minimum absolute atomic E-state index is 0.0492. The van der Waals surface area contributed by atoms with Gasteiger partial charge < -0.3 is 20.1 Å². The molecule has 1 aliphatic carbocycles. The lowest BCUT2D eigenvalue weighted by molar-refractivity contribution is -0.137. The molecule has 1 heterocycles. The topological polar surface area (TPSA) is 87.0 Å². The van der Waals surface area contributed by atoms with E-state index in [1.165, 1.54) is 4.88 Å². The number of carboxylic acid groups (broad SMARTS) is 1. The summed E-state index contributed by atoms with van der Waals surface area (Å²) in [5.74, 6) is -0.953. The molecule has 5 nitrogen and oxygen atoms in total. The predicted molar refractivity (Wildman–Crippen MR) is 127 cm³/mol. The maximum absolute atomic E-state index is 10.6. The third kappa shape index (κ3) is 7.88. The number of aryl methyl sites for hydroxylation is 1. The monoisotopic (exact) mass is 564 g/mol. The van der Waals surface area contributed by atoms with Crippen molar-refractivity contribution in [1.29, 1.82) is 0 Å². The Morgan fingerprint density at radius 3 is 2.73 bits per heavy atom. The molecule has 1 fully saturated rings. The van der Waals surface area contributed by atoms with E-state index in [1.807, 2.05) is 24.3 Å². The van der Waals surface area contributed by atoms with E-state index in [2.05, 4.69) is 37.2 Å². The second kappa shape index (κ2) is 13.1. The van der Waals surface area contributed by atoms with Crippen molar-refractivity contribution < 1.29 is 24.9 Å². The van der Waals surface area contributed by atoms with Crippen LogP contribution in [0.1, 0.15) is 43.4 Å². The molecule has 0 spiro atoms. The Bertz CT molecular complexity index is 733. The highest BCUT2D eigenvalue weighted by atomic mass is 79.9. The fraction of sp³-hybridized carbons (Fsp3) is 0.591. The van der Waals surface area contributed by atoms with Gasteiger partial charge >= 0.3 is 5.97 Å². The number of carboxylic acids is 1. The maximum atomic E-state index is 10.6. The summed E-state index contributed by atoms with van der Waals surface area (Å²) in [6.45, 7) is 0. The lowest BCUT2D eigenvalue weighted by Gasteiger charge is -2.20. The van der Waals surface area contributed by atoms with Gasteiger partial charge in [0.15, 0.2) is 0 Å². The van der Waals surface area contributed by atoms with Crippen molar-refractivity contribution in [3.8, 4) is 0 Å². The number of aliphatic hydroxyl groups is 2. The highest BCUT2D eigenvalue weighted by molar-refractivity contribution is 9.13. The van der Waals surface area contributed by atoms with E-state index in [1.54, 1.807) is 18.4 Å². The standard InChI is InChI=1S/C22H30Br2O5S/c1-29-14(9-11-20-22(24)17(23)13-30-20)8-10-16-15(18(25)12-19(16)26)6-4-2-3-5-7-21(27)28/h2,4,8,10,13-16,18-19,25-26H,3,5-7,9,11-12H2,1H3,(H,27,28)/t14?,15-,16-,18?,19?/m1/s1. The second-order valence-electron chi connectivity index (χ2n) is 7.62. The smallest absolute Gasteiger partial charge is 0.303 e. The number of aliphatic carboxylic acids is 1. The van der Waals surface area contributed by atoms with Gasteiger partial charge in [0.1, 0.15) is 0 Å². The van der Waals surface area contributed by atoms with Gasteiger partial charge in [-0.3, -0.25) is 4.79 Å². The molecular weight excluding hydrogens is 536 g/mol. The molecule has 1 aliphatic rings. The lowest BCUT2D eigenvalue weighted by atomic mass is 9.89. The third-order valence-corrected chi connectivity index (χ3v) is 9.19. The lowest BCUT2D eigenvalue weighted by Crippen LogP contribution is -2.20. The quantitative estimate of drug-likeness (QED) is 0.235. The van der Waals surface area contributed by atoms with Crippen LogP contribution in [0.15, 0.2) is 38.6 Å². The van der Waals surface area contributed by atoms with E-state index in [-0.39, 0.29) is 24.4 Å². The minimum Gasteiger partial charge on any atom is -0.481 e. The number of ether oxygens (including phenoxy) is 1. The highest BCUT2D eigenvalue weighted by Crippen LogP contribution is 2.37. The van der Waals surface area contributed by atoms with Crippen LogP contribution in [-0.4, -0.2) is 46.7 Å². The molecule has 168 valence electrons. The summed E-state index contributed by atoms with van der Waals surface area (Å²) in [6, 6.07) is 0. The Morgan fingerprint density at radius 2 is 2.10 bits per heavy atom. The number of rotatable bonds is 12. The number of hydrogen-bond donors (Lipinski definition) is 3. The van der Waals surface area contributed by atoms with Crippen molar-refractivity contribution in [2.75, 3.05) is 7.11 Å². The van der Waals surface area contributed by atoms with Gasteiger partial charge in [-0.2, -0.15) is 0 Å². The van der Waals surface area contributed by atoms with Crippen molar-refractivity contribution in [3.05, 3.63) is 43.5 Å². The molecule has 0 aliphatic heterocycles. The molecular formula is C22H30Br2O5S. The second-order valence-corrected chi connectivity index (χ2v) is 10.2.